The molecule has 4 aromatic rings. The lowest BCUT2D eigenvalue weighted by Gasteiger charge is -2.06. The van der Waals surface area contributed by atoms with Crippen molar-refractivity contribution in [3.05, 3.63) is 46.3 Å². The van der Waals surface area contributed by atoms with E-state index in [1.807, 2.05) is 6.07 Å². The molecule has 0 unspecified atom stereocenters. The van der Waals surface area contributed by atoms with Crippen LogP contribution in [0.25, 0.3) is 16.7 Å². The van der Waals surface area contributed by atoms with Gasteiger partial charge in [0.25, 0.3) is 0 Å². The zero-order valence-corrected chi connectivity index (χ0v) is 12.0. The van der Waals surface area contributed by atoms with E-state index < -0.39 is 0 Å². The number of hydrogen-bond acceptors (Lipinski definition) is 5. The maximum absolute atomic E-state index is 6.19. The van der Waals surface area contributed by atoms with E-state index in [0.29, 0.717) is 27.9 Å². The summed E-state index contributed by atoms with van der Waals surface area (Å²) in [7, 11) is 0. The van der Waals surface area contributed by atoms with Gasteiger partial charge < -0.3 is 0 Å². The van der Waals surface area contributed by atoms with Crippen LogP contribution in [0.4, 0.5) is 0 Å². The van der Waals surface area contributed by atoms with E-state index in [2.05, 4.69) is 25.6 Å². The van der Waals surface area contributed by atoms with E-state index in [-0.39, 0.29) is 0 Å². The van der Waals surface area contributed by atoms with Crippen LogP contribution in [0.1, 0.15) is 5.56 Å². The number of rotatable bonds is 2. The molecule has 21 heavy (non-hydrogen) atoms. The molecule has 4 rings (SSSR count). The van der Waals surface area contributed by atoms with E-state index in [4.69, 9.17) is 23.2 Å². The average Bonchev–Trinajstić information content (AvgIpc) is 3.08. The molecule has 3 aromatic heterocycles. The first kappa shape index (κ1) is 12.5. The average molecular weight is 320 g/mol. The Labute approximate surface area is 128 Å². The third-order valence-corrected chi connectivity index (χ3v) is 3.76. The van der Waals surface area contributed by atoms with Gasteiger partial charge in [0.15, 0.2) is 11.3 Å². The van der Waals surface area contributed by atoms with Gasteiger partial charge in [-0.3, -0.25) is 0 Å². The smallest absolute Gasteiger partial charge is 0.193 e. The molecule has 0 aliphatic heterocycles. The van der Waals surface area contributed by atoms with Gasteiger partial charge in [-0.15, -0.1) is 5.10 Å². The predicted molar refractivity (Wildman–Crippen MR) is 77.4 cm³/mol. The lowest BCUT2D eigenvalue weighted by molar-refractivity contribution is 0.702. The fourth-order valence-corrected chi connectivity index (χ4v) is 2.63. The van der Waals surface area contributed by atoms with E-state index in [1.165, 1.54) is 4.52 Å². The summed E-state index contributed by atoms with van der Waals surface area (Å²) in [5.74, 6) is 0. The van der Waals surface area contributed by atoms with Crippen molar-refractivity contribution >= 4 is 39.9 Å². The summed E-state index contributed by atoms with van der Waals surface area (Å²) >= 11 is 12.1. The molecule has 3 heterocycles. The van der Waals surface area contributed by atoms with Gasteiger partial charge in [-0.05, 0) is 28.1 Å². The Bertz CT molecular complexity index is 959. The van der Waals surface area contributed by atoms with Crippen LogP contribution in [0.3, 0.4) is 0 Å². The number of tetrazole rings is 1. The summed E-state index contributed by atoms with van der Waals surface area (Å²) in [6.07, 6.45) is 3.25. The van der Waals surface area contributed by atoms with Crippen LogP contribution in [0.15, 0.2) is 30.7 Å². The molecular formula is C12H7Cl2N7. The molecule has 9 heteroatoms. The zero-order chi connectivity index (χ0) is 14.4. The molecular weight excluding hydrogens is 313 g/mol. The number of aromatic nitrogens is 7. The Hall–Kier alpha value is -2.25. The van der Waals surface area contributed by atoms with E-state index in [1.54, 1.807) is 29.3 Å². The standard InChI is InChI=1S/C12H7Cl2N7/c13-8-2-1-7(10(14)3-8)5-20-11-9(4-16-20)12-17-18-19-21(12)6-15-11/h1-4,6H,5H2. The lowest BCUT2D eigenvalue weighted by atomic mass is 10.2. The van der Waals surface area contributed by atoms with Gasteiger partial charge in [0.2, 0.25) is 0 Å². The van der Waals surface area contributed by atoms with Gasteiger partial charge in [0.05, 0.1) is 18.1 Å². The molecule has 104 valence electrons. The van der Waals surface area contributed by atoms with Gasteiger partial charge in [-0.25, -0.2) is 9.67 Å². The van der Waals surface area contributed by atoms with Crippen LogP contribution in [-0.2, 0) is 6.54 Å². The van der Waals surface area contributed by atoms with Crippen LogP contribution >= 0.6 is 23.2 Å². The Morgan fingerprint density at radius 3 is 2.90 bits per heavy atom. The number of hydrogen-bond donors (Lipinski definition) is 0. The highest BCUT2D eigenvalue weighted by atomic mass is 35.5. The SMILES string of the molecule is Clc1ccc(Cn2ncc3c2ncn2nnnc32)c(Cl)c1. The van der Waals surface area contributed by atoms with Crippen molar-refractivity contribution in [2.45, 2.75) is 6.54 Å². The molecule has 7 nitrogen and oxygen atoms in total. The van der Waals surface area contributed by atoms with E-state index in [9.17, 15) is 0 Å². The molecule has 0 saturated carbocycles. The van der Waals surface area contributed by atoms with E-state index in [0.717, 1.165) is 10.9 Å². The van der Waals surface area contributed by atoms with E-state index >= 15 is 0 Å². The number of halogens is 2. The van der Waals surface area contributed by atoms with Crippen LogP contribution < -0.4 is 0 Å². The molecule has 0 radical (unpaired) electrons. The van der Waals surface area contributed by atoms with Crippen LogP contribution in [0, 0.1) is 0 Å². The molecule has 0 aliphatic rings. The van der Waals surface area contributed by atoms with Crippen LogP contribution in [0.5, 0.6) is 0 Å². The van der Waals surface area contributed by atoms with Crippen LogP contribution in [-0.4, -0.2) is 34.8 Å². The Balaban J connectivity index is 1.83. The monoisotopic (exact) mass is 319 g/mol. The fraction of sp³-hybridized carbons (Fsp3) is 0.0833. The molecule has 0 fully saturated rings. The van der Waals surface area contributed by atoms with Gasteiger partial charge in [-0.2, -0.15) is 9.61 Å². The molecule has 0 N–H and O–H groups in total. The maximum Gasteiger partial charge on any atom is 0.193 e. The van der Waals surface area contributed by atoms with Gasteiger partial charge in [0.1, 0.15) is 6.33 Å². The Kier molecular flexibility index (Phi) is 2.76. The first-order chi connectivity index (χ1) is 10.2. The number of fused-ring (bicyclic) bond motifs is 3. The highest BCUT2D eigenvalue weighted by molar-refractivity contribution is 6.35. The van der Waals surface area contributed by atoms with Crippen molar-refractivity contribution in [3.63, 3.8) is 0 Å². The van der Waals surface area contributed by atoms with Crippen molar-refractivity contribution in [2.75, 3.05) is 0 Å². The zero-order valence-electron chi connectivity index (χ0n) is 10.5. The van der Waals surface area contributed by atoms with Crippen molar-refractivity contribution in [1.82, 2.24) is 34.8 Å². The summed E-state index contributed by atoms with van der Waals surface area (Å²) in [4.78, 5) is 4.34. The summed E-state index contributed by atoms with van der Waals surface area (Å²) in [5.41, 5.74) is 2.23. The minimum Gasteiger partial charge on any atom is -0.243 e. The third-order valence-electron chi connectivity index (χ3n) is 3.17. The molecule has 0 spiro atoms. The minimum absolute atomic E-state index is 0.490. The topological polar surface area (TPSA) is 73.8 Å². The molecule has 0 amide bonds. The van der Waals surface area contributed by atoms with Gasteiger partial charge in [0, 0.05) is 10.0 Å². The summed E-state index contributed by atoms with van der Waals surface area (Å²) in [6, 6.07) is 5.37. The normalized spacial score (nSPS) is 11.5. The first-order valence-electron chi connectivity index (χ1n) is 6.04. The summed E-state index contributed by atoms with van der Waals surface area (Å²) in [6.45, 7) is 0.490. The summed E-state index contributed by atoms with van der Waals surface area (Å²) in [5, 5.41) is 17.7. The van der Waals surface area contributed by atoms with Crippen molar-refractivity contribution in [2.24, 2.45) is 0 Å². The van der Waals surface area contributed by atoms with Crippen molar-refractivity contribution in [3.8, 4) is 0 Å². The fourth-order valence-electron chi connectivity index (χ4n) is 2.16. The second-order valence-electron chi connectivity index (χ2n) is 4.47. The molecule has 0 bridgehead atoms. The van der Waals surface area contributed by atoms with Gasteiger partial charge >= 0.3 is 0 Å². The number of benzene rings is 1. The third kappa shape index (κ3) is 2.01. The minimum atomic E-state index is 0.490. The second kappa shape index (κ2) is 4.64. The highest BCUT2D eigenvalue weighted by Crippen LogP contribution is 2.23. The molecule has 0 aliphatic carbocycles. The van der Waals surface area contributed by atoms with Gasteiger partial charge in [-0.1, -0.05) is 29.3 Å². The second-order valence-corrected chi connectivity index (χ2v) is 5.31. The lowest BCUT2D eigenvalue weighted by Crippen LogP contribution is -2.03. The summed E-state index contributed by atoms with van der Waals surface area (Å²) < 4.78 is 3.25. The predicted octanol–water partition coefficient (Wildman–Crippen LogP) is 2.22. The maximum atomic E-state index is 6.19. The number of nitrogens with zero attached hydrogens (tertiary/aromatic N) is 7. The highest BCUT2D eigenvalue weighted by Gasteiger charge is 2.12. The van der Waals surface area contributed by atoms with Crippen molar-refractivity contribution in [1.29, 1.82) is 0 Å². The molecule has 0 saturated heterocycles. The molecule has 1 aromatic carbocycles. The Morgan fingerprint density at radius 1 is 1.14 bits per heavy atom. The van der Waals surface area contributed by atoms with Crippen LogP contribution in [0.2, 0.25) is 10.0 Å². The quantitative estimate of drug-likeness (QED) is 0.566. The first-order valence-corrected chi connectivity index (χ1v) is 6.80. The van der Waals surface area contributed by atoms with Crippen molar-refractivity contribution < 1.29 is 0 Å². The largest absolute Gasteiger partial charge is 0.243 e. The Morgan fingerprint density at radius 2 is 2.05 bits per heavy atom. The molecule has 0 atom stereocenters.